The lowest BCUT2D eigenvalue weighted by Gasteiger charge is -2.17. The molecule has 0 aromatic heterocycles. The quantitative estimate of drug-likeness (QED) is 0.496. The second-order valence-corrected chi connectivity index (χ2v) is 6.04. The van der Waals surface area contributed by atoms with Crippen molar-refractivity contribution in [1.82, 2.24) is 0 Å². The van der Waals surface area contributed by atoms with Gasteiger partial charge in [-0.2, -0.15) is 0 Å². The monoisotopic (exact) mass is 308 g/mol. The first kappa shape index (κ1) is 17.2. The predicted octanol–water partition coefficient (Wildman–Crippen LogP) is 6.75. The van der Waals surface area contributed by atoms with E-state index in [-0.39, 0.29) is 5.82 Å². The second-order valence-electron chi connectivity index (χ2n) is 6.04. The summed E-state index contributed by atoms with van der Waals surface area (Å²) in [7, 11) is 0. The van der Waals surface area contributed by atoms with Gasteiger partial charge in [0, 0.05) is 0 Å². The molecule has 0 saturated heterocycles. The van der Waals surface area contributed by atoms with E-state index in [2.05, 4.69) is 50.8 Å². The molecule has 2 aromatic carbocycles. The molecule has 120 valence electrons. The Bertz CT molecular complexity index is 650. The van der Waals surface area contributed by atoms with Crippen molar-refractivity contribution in [2.75, 3.05) is 0 Å². The Kier molecular flexibility index (Phi) is 6.34. The van der Waals surface area contributed by atoms with Gasteiger partial charge in [0.2, 0.25) is 0 Å². The van der Waals surface area contributed by atoms with Gasteiger partial charge in [-0.1, -0.05) is 81.8 Å². The minimum absolute atomic E-state index is 0.217. The molecule has 0 aliphatic heterocycles. The molecule has 0 radical (unpaired) electrons. The van der Waals surface area contributed by atoms with Crippen LogP contribution in [0.5, 0.6) is 0 Å². The Morgan fingerprint density at radius 2 is 1.70 bits per heavy atom. The summed E-state index contributed by atoms with van der Waals surface area (Å²) in [6.45, 7) is 8.67. The average Bonchev–Trinajstić information content (AvgIpc) is 2.58. The molecule has 2 rings (SSSR count). The van der Waals surface area contributed by atoms with Crippen LogP contribution in [0.15, 0.2) is 67.3 Å². The van der Waals surface area contributed by atoms with Crippen molar-refractivity contribution in [3.05, 3.63) is 84.2 Å². The van der Waals surface area contributed by atoms with Crippen LogP contribution >= 0.6 is 0 Å². The van der Waals surface area contributed by atoms with Crippen LogP contribution in [-0.4, -0.2) is 0 Å². The largest absolute Gasteiger partial charge is 0.207 e. The molecule has 0 amide bonds. The Morgan fingerprint density at radius 1 is 1.04 bits per heavy atom. The first-order valence-corrected chi connectivity index (χ1v) is 8.33. The van der Waals surface area contributed by atoms with E-state index in [4.69, 9.17) is 0 Å². The van der Waals surface area contributed by atoms with Crippen molar-refractivity contribution in [2.24, 2.45) is 5.92 Å². The van der Waals surface area contributed by atoms with E-state index in [0.29, 0.717) is 5.92 Å². The highest BCUT2D eigenvalue weighted by atomic mass is 19.1. The van der Waals surface area contributed by atoms with Crippen LogP contribution in [0.2, 0.25) is 0 Å². The van der Waals surface area contributed by atoms with Gasteiger partial charge >= 0.3 is 0 Å². The molecule has 23 heavy (non-hydrogen) atoms. The molecule has 1 atom stereocenters. The zero-order valence-corrected chi connectivity index (χ0v) is 14.1. The van der Waals surface area contributed by atoms with E-state index >= 15 is 0 Å². The summed E-state index contributed by atoms with van der Waals surface area (Å²) in [4.78, 5) is 0. The molecule has 1 heteroatoms. The fraction of sp³-hybridized carbons (Fsp3) is 0.273. The van der Waals surface area contributed by atoms with Gasteiger partial charge in [0.05, 0.1) is 0 Å². The highest BCUT2D eigenvalue weighted by Gasteiger charge is 2.11. The maximum absolute atomic E-state index is 13.1. The van der Waals surface area contributed by atoms with Crippen LogP contribution in [0, 0.1) is 11.7 Å². The normalized spacial score (nSPS) is 12.9. The number of unbranched alkanes of at least 4 members (excludes halogenated alkanes) is 1. The highest BCUT2D eigenvalue weighted by Crippen LogP contribution is 2.30. The Morgan fingerprint density at radius 3 is 2.30 bits per heavy atom. The number of allylic oxidation sites excluding steroid dienone is 3. The molecule has 0 N–H and O–H groups in total. The molecule has 0 bridgehead atoms. The standard InChI is InChI=1S/C22H25F/c1-4-5-9-17(2)22(20-10-7-6-8-11-20)16-18(3)19-12-14-21(23)15-13-19/h6-8,10-17H,3-5,9H2,1-2H3/b22-16+. The Labute approximate surface area is 139 Å². The van der Waals surface area contributed by atoms with Crippen LogP contribution in [0.3, 0.4) is 0 Å². The van der Waals surface area contributed by atoms with Crippen molar-refractivity contribution in [3.63, 3.8) is 0 Å². The summed E-state index contributed by atoms with van der Waals surface area (Å²) in [6, 6.07) is 17.0. The number of hydrogen-bond acceptors (Lipinski definition) is 0. The summed E-state index contributed by atoms with van der Waals surface area (Å²) in [6.07, 6.45) is 5.73. The van der Waals surface area contributed by atoms with Gasteiger partial charge in [0.25, 0.3) is 0 Å². The van der Waals surface area contributed by atoms with E-state index in [9.17, 15) is 4.39 Å². The molecule has 0 heterocycles. The third kappa shape index (κ3) is 4.92. The van der Waals surface area contributed by atoms with Gasteiger partial charge in [-0.15, -0.1) is 0 Å². The van der Waals surface area contributed by atoms with E-state index in [1.807, 2.05) is 6.07 Å². The lowest BCUT2D eigenvalue weighted by molar-refractivity contribution is 0.611. The number of rotatable bonds is 7. The topological polar surface area (TPSA) is 0 Å². The van der Waals surface area contributed by atoms with Gasteiger partial charge in [-0.25, -0.2) is 4.39 Å². The van der Waals surface area contributed by atoms with E-state index in [1.165, 1.54) is 36.1 Å². The van der Waals surface area contributed by atoms with Crippen LogP contribution < -0.4 is 0 Å². The summed E-state index contributed by atoms with van der Waals surface area (Å²) in [5.41, 5.74) is 4.42. The first-order valence-electron chi connectivity index (χ1n) is 8.33. The van der Waals surface area contributed by atoms with Crippen molar-refractivity contribution in [2.45, 2.75) is 33.1 Å². The van der Waals surface area contributed by atoms with Crippen molar-refractivity contribution >= 4 is 11.1 Å². The zero-order valence-electron chi connectivity index (χ0n) is 14.1. The van der Waals surface area contributed by atoms with Crippen LogP contribution in [0.25, 0.3) is 11.1 Å². The molecule has 0 saturated carbocycles. The molecule has 0 aliphatic carbocycles. The third-order valence-corrected chi connectivity index (χ3v) is 4.17. The predicted molar refractivity (Wildman–Crippen MR) is 98.5 cm³/mol. The number of benzene rings is 2. The molecule has 0 fully saturated rings. The van der Waals surface area contributed by atoms with Crippen LogP contribution in [0.4, 0.5) is 4.39 Å². The summed E-state index contributed by atoms with van der Waals surface area (Å²) >= 11 is 0. The summed E-state index contributed by atoms with van der Waals surface area (Å²) < 4.78 is 13.1. The fourth-order valence-corrected chi connectivity index (χ4v) is 2.74. The SMILES string of the molecule is C=C(/C=C(/c1ccccc1)C(C)CCCC)c1ccc(F)cc1. The lowest BCUT2D eigenvalue weighted by Crippen LogP contribution is -2.00. The lowest BCUT2D eigenvalue weighted by atomic mass is 9.88. The fourth-order valence-electron chi connectivity index (χ4n) is 2.74. The molecule has 1 unspecified atom stereocenters. The van der Waals surface area contributed by atoms with Gasteiger partial charge in [-0.3, -0.25) is 0 Å². The molecule has 2 aromatic rings. The smallest absolute Gasteiger partial charge is 0.123 e. The maximum Gasteiger partial charge on any atom is 0.123 e. The average molecular weight is 308 g/mol. The summed E-state index contributed by atoms with van der Waals surface area (Å²) in [5.74, 6) is 0.250. The minimum Gasteiger partial charge on any atom is -0.207 e. The molecule has 0 aliphatic rings. The van der Waals surface area contributed by atoms with E-state index in [1.54, 1.807) is 12.1 Å². The van der Waals surface area contributed by atoms with Crippen molar-refractivity contribution < 1.29 is 4.39 Å². The maximum atomic E-state index is 13.1. The van der Waals surface area contributed by atoms with Gasteiger partial charge in [0.15, 0.2) is 0 Å². The van der Waals surface area contributed by atoms with Crippen LogP contribution in [0.1, 0.15) is 44.2 Å². The van der Waals surface area contributed by atoms with Crippen LogP contribution in [-0.2, 0) is 0 Å². The van der Waals surface area contributed by atoms with Gasteiger partial charge in [-0.05, 0) is 46.7 Å². The van der Waals surface area contributed by atoms with E-state index in [0.717, 1.165) is 17.6 Å². The molecular formula is C22H25F. The Hall–Kier alpha value is -2.15. The molecule has 0 nitrogen and oxygen atoms in total. The van der Waals surface area contributed by atoms with Crippen molar-refractivity contribution in [3.8, 4) is 0 Å². The number of halogens is 1. The molecule has 0 spiro atoms. The number of hydrogen-bond donors (Lipinski definition) is 0. The summed E-state index contributed by atoms with van der Waals surface area (Å²) in [5, 5.41) is 0. The van der Waals surface area contributed by atoms with Gasteiger partial charge in [0.1, 0.15) is 5.82 Å². The second kappa shape index (κ2) is 8.47. The first-order chi connectivity index (χ1) is 11.1. The Balaban J connectivity index is 2.32. The third-order valence-electron chi connectivity index (χ3n) is 4.17. The zero-order chi connectivity index (χ0) is 16.7. The van der Waals surface area contributed by atoms with Crippen molar-refractivity contribution in [1.29, 1.82) is 0 Å². The molecular weight excluding hydrogens is 283 g/mol. The van der Waals surface area contributed by atoms with Gasteiger partial charge < -0.3 is 0 Å². The highest BCUT2D eigenvalue weighted by molar-refractivity contribution is 5.83. The van der Waals surface area contributed by atoms with E-state index < -0.39 is 0 Å². The minimum atomic E-state index is -0.217.